The molecular weight excluding hydrogens is 362 g/mol. The van der Waals surface area contributed by atoms with Gasteiger partial charge in [-0.05, 0) is 37.1 Å². The van der Waals surface area contributed by atoms with Crippen molar-refractivity contribution in [2.45, 2.75) is 31.4 Å². The minimum Gasteiger partial charge on any atom is -0.462 e. The summed E-state index contributed by atoms with van der Waals surface area (Å²) in [5, 5.41) is 2.74. The molecule has 1 aliphatic heterocycles. The minimum absolute atomic E-state index is 0.00369. The zero-order chi connectivity index (χ0) is 18.3. The van der Waals surface area contributed by atoms with E-state index in [1.54, 1.807) is 24.3 Å². The Bertz CT molecular complexity index is 700. The van der Waals surface area contributed by atoms with Crippen LogP contribution in [0.1, 0.15) is 36.5 Å². The number of hydrogen-bond donors (Lipinski definition) is 1. The molecule has 1 aromatic carbocycles. The third-order valence-electron chi connectivity index (χ3n) is 3.78. The van der Waals surface area contributed by atoms with E-state index in [1.165, 1.54) is 11.8 Å². The summed E-state index contributed by atoms with van der Waals surface area (Å²) in [6, 6.07) is 6.53. The number of anilines is 1. The molecule has 1 N–H and O–H groups in total. The van der Waals surface area contributed by atoms with Crippen LogP contribution in [0.3, 0.4) is 0 Å². The van der Waals surface area contributed by atoms with E-state index in [-0.39, 0.29) is 34.4 Å². The van der Waals surface area contributed by atoms with E-state index in [0.717, 1.165) is 12.8 Å². The van der Waals surface area contributed by atoms with E-state index in [9.17, 15) is 18.0 Å². The second-order valence-corrected chi connectivity index (χ2v) is 9.47. The number of benzene rings is 1. The average molecular weight is 386 g/mol. The van der Waals surface area contributed by atoms with Crippen molar-refractivity contribution in [3.05, 3.63) is 29.8 Å². The average Bonchev–Trinajstić information content (AvgIpc) is 2.93. The molecule has 6 nitrogen and oxygen atoms in total. The number of sulfone groups is 1. The third-order valence-corrected chi connectivity index (χ3v) is 7.06. The summed E-state index contributed by atoms with van der Waals surface area (Å²) in [6.45, 7) is 2.43. The molecule has 0 saturated carbocycles. The molecule has 1 heterocycles. The van der Waals surface area contributed by atoms with Gasteiger partial charge in [-0.2, -0.15) is 0 Å². The van der Waals surface area contributed by atoms with Gasteiger partial charge < -0.3 is 10.1 Å². The van der Waals surface area contributed by atoms with Gasteiger partial charge in [0.15, 0.2) is 9.84 Å². The van der Waals surface area contributed by atoms with Gasteiger partial charge in [-0.15, -0.1) is 11.8 Å². The van der Waals surface area contributed by atoms with Crippen molar-refractivity contribution in [1.82, 2.24) is 0 Å². The van der Waals surface area contributed by atoms with Crippen LogP contribution in [-0.2, 0) is 19.4 Å². The van der Waals surface area contributed by atoms with Crippen LogP contribution in [0.25, 0.3) is 0 Å². The lowest BCUT2D eigenvalue weighted by Crippen LogP contribution is -2.17. The zero-order valence-electron chi connectivity index (χ0n) is 14.2. The van der Waals surface area contributed by atoms with Crippen molar-refractivity contribution in [3.63, 3.8) is 0 Å². The number of hydrogen-bond acceptors (Lipinski definition) is 6. The number of unbranched alkanes of at least 4 members (excludes halogenated alkanes) is 1. The predicted octanol–water partition coefficient (Wildman–Crippen LogP) is 2.50. The Kier molecular flexibility index (Phi) is 7.31. The van der Waals surface area contributed by atoms with Crippen molar-refractivity contribution in [2.75, 3.05) is 29.2 Å². The zero-order valence-corrected chi connectivity index (χ0v) is 15.8. The summed E-state index contributed by atoms with van der Waals surface area (Å²) in [4.78, 5) is 23.7. The largest absolute Gasteiger partial charge is 0.462 e. The van der Waals surface area contributed by atoms with Crippen molar-refractivity contribution in [3.8, 4) is 0 Å². The molecule has 1 amide bonds. The Morgan fingerprint density at radius 3 is 2.60 bits per heavy atom. The van der Waals surface area contributed by atoms with Crippen LogP contribution < -0.4 is 5.32 Å². The van der Waals surface area contributed by atoms with Gasteiger partial charge in [0.25, 0.3) is 0 Å². The van der Waals surface area contributed by atoms with Gasteiger partial charge in [-0.25, -0.2) is 13.2 Å². The van der Waals surface area contributed by atoms with Crippen LogP contribution in [0, 0.1) is 0 Å². The molecule has 1 aliphatic rings. The van der Waals surface area contributed by atoms with Crippen molar-refractivity contribution < 1.29 is 22.7 Å². The number of nitrogens with one attached hydrogen (secondary N) is 1. The molecule has 1 saturated heterocycles. The highest BCUT2D eigenvalue weighted by Gasteiger charge is 2.28. The summed E-state index contributed by atoms with van der Waals surface area (Å²) in [5.41, 5.74) is 1.04. The van der Waals surface area contributed by atoms with Crippen LogP contribution in [0.5, 0.6) is 0 Å². The summed E-state index contributed by atoms with van der Waals surface area (Å²) < 4.78 is 27.9. The highest BCUT2D eigenvalue weighted by molar-refractivity contribution is 8.02. The summed E-state index contributed by atoms with van der Waals surface area (Å²) >= 11 is 1.37. The molecule has 25 heavy (non-hydrogen) atoms. The first kappa shape index (κ1) is 19.8. The molecule has 138 valence electrons. The number of carbonyl (C=O) groups is 2. The second kappa shape index (κ2) is 9.24. The van der Waals surface area contributed by atoms with Crippen LogP contribution >= 0.6 is 11.8 Å². The first-order chi connectivity index (χ1) is 11.9. The van der Waals surface area contributed by atoms with Gasteiger partial charge in [0.05, 0.1) is 29.4 Å². The van der Waals surface area contributed by atoms with Crippen molar-refractivity contribution in [2.24, 2.45) is 0 Å². The Balaban J connectivity index is 1.76. The van der Waals surface area contributed by atoms with Crippen LogP contribution in [-0.4, -0.2) is 49.4 Å². The number of carbonyl (C=O) groups excluding carboxylic acids is 2. The van der Waals surface area contributed by atoms with Gasteiger partial charge in [-0.3, -0.25) is 4.79 Å². The second-order valence-electron chi connectivity index (χ2n) is 5.95. The number of amides is 1. The molecule has 0 bridgehead atoms. The molecule has 1 aromatic rings. The fourth-order valence-corrected chi connectivity index (χ4v) is 5.81. The maximum atomic E-state index is 12.0. The topological polar surface area (TPSA) is 89.5 Å². The van der Waals surface area contributed by atoms with Crippen LogP contribution in [0.15, 0.2) is 24.3 Å². The number of thioether (sulfide) groups is 1. The fraction of sp³-hybridized carbons (Fsp3) is 0.529. The number of ether oxygens (including phenoxy) is 1. The molecule has 1 atom stereocenters. The quantitative estimate of drug-likeness (QED) is 0.546. The molecule has 2 rings (SSSR count). The van der Waals surface area contributed by atoms with Crippen LogP contribution in [0.2, 0.25) is 0 Å². The van der Waals surface area contributed by atoms with E-state index >= 15 is 0 Å². The maximum absolute atomic E-state index is 12.0. The summed E-state index contributed by atoms with van der Waals surface area (Å²) in [6.07, 6.45) is 2.40. The Labute approximate surface area is 152 Å². The third kappa shape index (κ3) is 6.70. The highest BCUT2D eigenvalue weighted by Crippen LogP contribution is 2.24. The number of esters is 1. The Morgan fingerprint density at radius 1 is 1.28 bits per heavy atom. The molecule has 0 spiro atoms. The predicted molar refractivity (Wildman–Crippen MR) is 99.8 cm³/mol. The first-order valence-corrected chi connectivity index (χ1v) is 11.2. The van der Waals surface area contributed by atoms with Gasteiger partial charge >= 0.3 is 5.97 Å². The minimum atomic E-state index is -2.92. The maximum Gasteiger partial charge on any atom is 0.338 e. The lowest BCUT2D eigenvalue weighted by atomic mass is 10.2. The Morgan fingerprint density at radius 2 is 2.00 bits per heavy atom. The summed E-state index contributed by atoms with van der Waals surface area (Å²) in [7, 11) is -2.92. The van der Waals surface area contributed by atoms with Gasteiger partial charge in [0.2, 0.25) is 5.91 Å². The van der Waals surface area contributed by atoms with Crippen LogP contribution in [0.4, 0.5) is 5.69 Å². The van der Waals surface area contributed by atoms with Crippen molar-refractivity contribution >= 4 is 39.2 Å². The van der Waals surface area contributed by atoms with Gasteiger partial charge in [-0.1, -0.05) is 13.3 Å². The van der Waals surface area contributed by atoms with Gasteiger partial charge in [0, 0.05) is 10.9 Å². The molecule has 0 radical (unpaired) electrons. The molecule has 0 aromatic heterocycles. The first-order valence-electron chi connectivity index (χ1n) is 8.28. The molecule has 8 heteroatoms. The van der Waals surface area contributed by atoms with E-state index in [2.05, 4.69) is 5.32 Å². The summed E-state index contributed by atoms with van der Waals surface area (Å²) in [5.74, 6) is 0.0139. The molecule has 0 aliphatic carbocycles. The highest BCUT2D eigenvalue weighted by atomic mass is 32.2. The smallest absolute Gasteiger partial charge is 0.338 e. The monoisotopic (exact) mass is 385 g/mol. The Hall–Kier alpha value is -1.54. The fourth-order valence-electron chi connectivity index (χ4n) is 2.37. The lowest BCUT2D eigenvalue weighted by Gasteiger charge is -2.09. The standard InChI is InChI=1S/C17H23NO5S2/c1-2-3-9-23-17(20)13-4-6-14(7-5-13)18-16(19)11-24-15-8-10-25(21,22)12-15/h4-7,15H,2-3,8-12H2,1H3,(H,18,19)/t15-/m0/s1. The molecule has 1 fully saturated rings. The van der Waals surface area contributed by atoms with E-state index in [1.807, 2.05) is 6.92 Å². The van der Waals surface area contributed by atoms with Crippen molar-refractivity contribution in [1.29, 1.82) is 0 Å². The van der Waals surface area contributed by atoms with E-state index in [0.29, 0.717) is 24.3 Å². The normalized spacial score (nSPS) is 18.7. The van der Waals surface area contributed by atoms with E-state index < -0.39 is 9.84 Å². The molecule has 0 unspecified atom stereocenters. The SMILES string of the molecule is CCCCOC(=O)c1ccc(NC(=O)CS[C@H]2CCS(=O)(=O)C2)cc1. The number of rotatable bonds is 8. The molecular formula is C17H23NO5S2. The lowest BCUT2D eigenvalue weighted by molar-refractivity contribution is -0.113. The van der Waals surface area contributed by atoms with E-state index in [4.69, 9.17) is 4.74 Å². The van der Waals surface area contributed by atoms with Gasteiger partial charge in [0.1, 0.15) is 0 Å².